The van der Waals surface area contributed by atoms with Crippen LogP contribution in [-0.4, -0.2) is 19.0 Å². The average Bonchev–Trinajstić information content (AvgIpc) is 2.83. The monoisotopic (exact) mass is 296 g/mol. The van der Waals surface area contributed by atoms with Crippen LogP contribution >= 0.6 is 0 Å². The molecule has 2 aromatic rings. The minimum absolute atomic E-state index is 0.381. The summed E-state index contributed by atoms with van der Waals surface area (Å²) in [5.74, 6) is 0.307. The number of methoxy groups -OCH3 is 1. The van der Waals surface area contributed by atoms with Crippen LogP contribution in [0.25, 0.3) is 0 Å². The number of imide groups is 1. The molecule has 5 heteroatoms. The molecule has 3 amide bonds. The Bertz CT molecular complexity index is 740. The second kappa shape index (κ2) is 5.18. The Morgan fingerprint density at radius 3 is 2.27 bits per heavy atom. The summed E-state index contributed by atoms with van der Waals surface area (Å²) in [5.41, 5.74) is 1.21. The summed E-state index contributed by atoms with van der Waals surface area (Å²) >= 11 is 0. The molecule has 0 saturated carbocycles. The molecule has 1 atom stereocenters. The third-order valence-electron chi connectivity index (χ3n) is 3.84. The molecule has 1 aliphatic heterocycles. The predicted molar refractivity (Wildman–Crippen MR) is 81.6 cm³/mol. The van der Waals surface area contributed by atoms with Gasteiger partial charge in [0.25, 0.3) is 5.91 Å². The molecule has 1 heterocycles. The van der Waals surface area contributed by atoms with Crippen molar-refractivity contribution in [2.75, 3.05) is 7.11 Å². The number of benzene rings is 2. The summed E-state index contributed by atoms with van der Waals surface area (Å²) in [4.78, 5) is 24.3. The normalized spacial score (nSPS) is 20.5. The van der Waals surface area contributed by atoms with E-state index in [4.69, 9.17) is 4.74 Å². The highest BCUT2D eigenvalue weighted by molar-refractivity contribution is 6.09. The number of aryl methyl sites for hydroxylation is 1. The highest BCUT2D eigenvalue weighted by atomic mass is 16.5. The Labute approximate surface area is 128 Å². The molecular formula is C17H16N2O3. The van der Waals surface area contributed by atoms with E-state index in [1.807, 2.05) is 31.2 Å². The lowest BCUT2D eigenvalue weighted by molar-refractivity contribution is -0.122. The summed E-state index contributed by atoms with van der Waals surface area (Å²) < 4.78 is 5.15. The first-order chi connectivity index (χ1) is 10.6. The van der Waals surface area contributed by atoms with Gasteiger partial charge in [-0.2, -0.15) is 0 Å². The third kappa shape index (κ3) is 2.11. The van der Waals surface area contributed by atoms with E-state index in [-0.39, 0.29) is 5.91 Å². The van der Waals surface area contributed by atoms with Crippen LogP contribution in [0.3, 0.4) is 0 Å². The van der Waals surface area contributed by atoms with Crippen molar-refractivity contribution in [3.63, 3.8) is 0 Å². The molecule has 0 aliphatic carbocycles. The smallest absolute Gasteiger partial charge is 0.322 e. The molecule has 5 nitrogen and oxygen atoms in total. The second-order valence-electron chi connectivity index (χ2n) is 5.26. The molecule has 3 rings (SSSR count). The molecule has 0 aromatic heterocycles. The number of urea groups is 1. The van der Waals surface area contributed by atoms with Gasteiger partial charge < -0.3 is 10.1 Å². The van der Waals surface area contributed by atoms with E-state index in [0.29, 0.717) is 11.3 Å². The minimum Gasteiger partial charge on any atom is -0.497 e. The maximum absolute atomic E-state index is 12.5. The van der Waals surface area contributed by atoms with Gasteiger partial charge in [-0.25, -0.2) is 4.79 Å². The molecule has 2 aromatic carbocycles. The number of carbonyl (C=O) groups excluding carboxylic acids is 2. The summed E-state index contributed by atoms with van der Waals surface area (Å²) in [6.45, 7) is 1.94. The van der Waals surface area contributed by atoms with Crippen molar-refractivity contribution >= 4 is 11.9 Å². The van der Waals surface area contributed by atoms with Gasteiger partial charge in [-0.1, -0.05) is 42.0 Å². The lowest BCUT2D eigenvalue weighted by Gasteiger charge is -2.27. The van der Waals surface area contributed by atoms with Crippen molar-refractivity contribution in [2.24, 2.45) is 0 Å². The van der Waals surface area contributed by atoms with Crippen LogP contribution < -0.4 is 15.4 Å². The first-order valence-electron chi connectivity index (χ1n) is 6.91. The van der Waals surface area contributed by atoms with Crippen molar-refractivity contribution in [2.45, 2.75) is 12.5 Å². The summed E-state index contributed by atoms with van der Waals surface area (Å²) in [6.07, 6.45) is 0. The molecule has 1 fully saturated rings. The van der Waals surface area contributed by atoms with Crippen molar-refractivity contribution in [3.8, 4) is 5.75 Å². The zero-order valence-electron chi connectivity index (χ0n) is 12.3. The maximum atomic E-state index is 12.5. The van der Waals surface area contributed by atoms with Gasteiger partial charge in [0.1, 0.15) is 5.75 Å². The number of carbonyl (C=O) groups is 2. The van der Waals surface area contributed by atoms with Gasteiger partial charge in [-0.3, -0.25) is 10.1 Å². The minimum atomic E-state index is -1.21. The van der Waals surface area contributed by atoms with Crippen LogP contribution in [0.15, 0.2) is 48.5 Å². The SMILES string of the molecule is COc1ccc(C2(c3cccc(C)c3)NC(=O)NC2=O)cc1. The van der Waals surface area contributed by atoms with Crippen molar-refractivity contribution in [1.29, 1.82) is 0 Å². The van der Waals surface area contributed by atoms with Gasteiger partial charge in [-0.15, -0.1) is 0 Å². The Morgan fingerprint density at radius 2 is 1.73 bits per heavy atom. The fraction of sp³-hybridized carbons (Fsp3) is 0.176. The Morgan fingerprint density at radius 1 is 1.00 bits per heavy atom. The average molecular weight is 296 g/mol. The third-order valence-corrected chi connectivity index (χ3v) is 3.84. The second-order valence-corrected chi connectivity index (χ2v) is 5.26. The lowest BCUT2D eigenvalue weighted by atomic mass is 9.82. The van der Waals surface area contributed by atoms with Gasteiger partial charge in [0.2, 0.25) is 0 Å². The lowest BCUT2D eigenvalue weighted by Crippen LogP contribution is -2.44. The highest BCUT2D eigenvalue weighted by Crippen LogP contribution is 2.34. The zero-order valence-corrected chi connectivity index (χ0v) is 12.3. The van der Waals surface area contributed by atoms with E-state index in [1.165, 1.54) is 0 Å². The molecule has 0 bridgehead atoms. The number of amides is 3. The molecule has 0 spiro atoms. The number of ether oxygens (including phenoxy) is 1. The van der Waals surface area contributed by atoms with Crippen LogP contribution in [0.4, 0.5) is 4.79 Å². The van der Waals surface area contributed by atoms with Gasteiger partial charge in [0.05, 0.1) is 7.11 Å². The number of hydrogen-bond acceptors (Lipinski definition) is 3. The van der Waals surface area contributed by atoms with Crippen LogP contribution in [0.5, 0.6) is 5.75 Å². The van der Waals surface area contributed by atoms with E-state index in [1.54, 1.807) is 31.4 Å². The van der Waals surface area contributed by atoms with Gasteiger partial charge in [-0.05, 0) is 30.2 Å². The number of rotatable bonds is 3. The molecule has 2 N–H and O–H groups in total. The molecule has 112 valence electrons. The zero-order chi connectivity index (χ0) is 15.7. The van der Waals surface area contributed by atoms with E-state index in [0.717, 1.165) is 11.1 Å². The molecule has 1 unspecified atom stereocenters. The Hall–Kier alpha value is -2.82. The van der Waals surface area contributed by atoms with Crippen molar-refractivity contribution < 1.29 is 14.3 Å². The van der Waals surface area contributed by atoms with Crippen LogP contribution in [-0.2, 0) is 10.3 Å². The molecule has 0 radical (unpaired) electrons. The predicted octanol–water partition coefficient (Wildman–Crippen LogP) is 2.09. The van der Waals surface area contributed by atoms with Gasteiger partial charge in [0, 0.05) is 0 Å². The van der Waals surface area contributed by atoms with Crippen molar-refractivity contribution in [1.82, 2.24) is 10.6 Å². The Balaban J connectivity index is 2.19. The topological polar surface area (TPSA) is 67.4 Å². The van der Waals surface area contributed by atoms with E-state index in [9.17, 15) is 9.59 Å². The quantitative estimate of drug-likeness (QED) is 0.852. The first kappa shape index (κ1) is 14.1. The summed E-state index contributed by atoms with van der Waals surface area (Å²) in [7, 11) is 1.58. The van der Waals surface area contributed by atoms with Gasteiger partial charge in [0.15, 0.2) is 5.54 Å². The fourth-order valence-corrected chi connectivity index (χ4v) is 2.75. The van der Waals surface area contributed by atoms with Gasteiger partial charge >= 0.3 is 6.03 Å². The van der Waals surface area contributed by atoms with E-state index < -0.39 is 11.6 Å². The Kier molecular flexibility index (Phi) is 3.33. The largest absolute Gasteiger partial charge is 0.497 e. The van der Waals surface area contributed by atoms with Crippen LogP contribution in [0.1, 0.15) is 16.7 Å². The molecular weight excluding hydrogens is 280 g/mol. The highest BCUT2D eigenvalue weighted by Gasteiger charge is 2.49. The fourth-order valence-electron chi connectivity index (χ4n) is 2.75. The van der Waals surface area contributed by atoms with E-state index >= 15 is 0 Å². The van der Waals surface area contributed by atoms with Crippen molar-refractivity contribution in [3.05, 3.63) is 65.2 Å². The standard InChI is InChI=1S/C17H16N2O3/c1-11-4-3-5-13(10-11)17(15(20)18-16(21)19-17)12-6-8-14(22-2)9-7-12/h3-10H,1-2H3,(H2,18,19,20,21). The molecule has 1 aliphatic rings. The molecule has 22 heavy (non-hydrogen) atoms. The van der Waals surface area contributed by atoms with E-state index in [2.05, 4.69) is 10.6 Å². The van der Waals surface area contributed by atoms with Crippen LogP contribution in [0, 0.1) is 6.92 Å². The number of hydrogen-bond donors (Lipinski definition) is 2. The summed E-state index contributed by atoms with van der Waals surface area (Å²) in [6, 6.07) is 14.2. The number of nitrogens with one attached hydrogen (secondary N) is 2. The molecule has 1 saturated heterocycles. The van der Waals surface area contributed by atoms with Crippen LogP contribution in [0.2, 0.25) is 0 Å². The summed E-state index contributed by atoms with van der Waals surface area (Å²) in [5, 5.41) is 5.11. The maximum Gasteiger partial charge on any atom is 0.322 e. The first-order valence-corrected chi connectivity index (χ1v) is 6.91.